The normalized spacial score (nSPS) is 11.5. The molecule has 0 fully saturated rings. The number of hydrogen-bond donors (Lipinski definition) is 1. The first-order valence-corrected chi connectivity index (χ1v) is 8.85. The van der Waals surface area contributed by atoms with Crippen molar-refractivity contribution in [3.05, 3.63) is 56.7 Å². The monoisotopic (exact) mass is 344 g/mol. The van der Waals surface area contributed by atoms with Crippen molar-refractivity contribution < 1.29 is 0 Å². The predicted molar refractivity (Wildman–Crippen MR) is 96.8 cm³/mol. The highest BCUT2D eigenvalue weighted by Crippen LogP contribution is 2.25. The zero-order valence-electron chi connectivity index (χ0n) is 13.9. The number of nitrogens with zero attached hydrogens (tertiary/aromatic N) is 3. The van der Waals surface area contributed by atoms with Crippen molar-refractivity contribution in [1.82, 2.24) is 19.1 Å². The largest absolute Gasteiger partial charge is 0.329 e. The lowest BCUT2D eigenvalue weighted by molar-refractivity contribution is 0.564. The van der Waals surface area contributed by atoms with Crippen LogP contribution in [0.2, 0.25) is 0 Å². The third kappa shape index (κ3) is 3.03. The first kappa shape index (κ1) is 16.6. The summed E-state index contributed by atoms with van der Waals surface area (Å²) in [5, 5.41) is 0.766. The fraction of sp³-hybridized carbons (Fsp3) is 0.353. The van der Waals surface area contributed by atoms with Crippen LogP contribution in [-0.2, 0) is 13.5 Å². The molecule has 2 heterocycles. The second-order valence-electron chi connectivity index (χ2n) is 5.93. The van der Waals surface area contributed by atoms with Crippen LogP contribution in [0.1, 0.15) is 25.5 Å². The molecule has 7 heteroatoms. The Kier molecular flexibility index (Phi) is 4.62. The lowest BCUT2D eigenvalue weighted by atomic mass is 10.2. The summed E-state index contributed by atoms with van der Waals surface area (Å²) in [6, 6.07) is 10.3. The third-order valence-corrected chi connectivity index (χ3v) is 4.85. The van der Waals surface area contributed by atoms with Gasteiger partial charge in [-0.1, -0.05) is 42.1 Å². The molecular formula is C17H20N4O2S. The summed E-state index contributed by atoms with van der Waals surface area (Å²) < 4.78 is 3.29. The van der Waals surface area contributed by atoms with Gasteiger partial charge in [0.25, 0.3) is 5.56 Å². The molecule has 0 saturated heterocycles. The van der Waals surface area contributed by atoms with Crippen LogP contribution in [0.3, 0.4) is 0 Å². The van der Waals surface area contributed by atoms with E-state index in [0.717, 1.165) is 17.3 Å². The van der Waals surface area contributed by atoms with E-state index in [0.29, 0.717) is 11.2 Å². The molecule has 0 unspecified atom stereocenters. The lowest BCUT2D eigenvalue weighted by Crippen LogP contribution is -2.29. The molecule has 0 amide bonds. The Labute approximate surface area is 143 Å². The van der Waals surface area contributed by atoms with Crippen molar-refractivity contribution in [2.24, 2.45) is 7.05 Å². The van der Waals surface area contributed by atoms with Crippen molar-refractivity contribution in [3.63, 3.8) is 0 Å². The highest BCUT2D eigenvalue weighted by molar-refractivity contribution is 7.99. The molecule has 1 N–H and O–H groups in total. The molecule has 0 spiro atoms. The molecule has 0 aliphatic heterocycles. The van der Waals surface area contributed by atoms with Crippen molar-refractivity contribution in [2.45, 2.75) is 31.5 Å². The fourth-order valence-corrected chi connectivity index (χ4v) is 3.78. The Hall–Kier alpha value is -2.28. The molecule has 3 aromatic rings. The maximum atomic E-state index is 12.2. The molecule has 0 atom stereocenters. The van der Waals surface area contributed by atoms with Crippen LogP contribution in [0, 0.1) is 0 Å². The van der Waals surface area contributed by atoms with Gasteiger partial charge in [-0.25, -0.2) is 9.78 Å². The van der Waals surface area contributed by atoms with E-state index < -0.39 is 5.69 Å². The number of hydrogen-bond acceptors (Lipinski definition) is 4. The van der Waals surface area contributed by atoms with Gasteiger partial charge in [-0.3, -0.25) is 14.3 Å². The standard InChI is InChI=1S/C17H20N4O2S/c1-11(2)21-13-14(20(3)16(23)19-15(13)22)18-17(21)24-10-9-12-7-5-4-6-8-12/h4-8,11H,9-10H2,1-3H3,(H,19,22,23). The topological polar surface area (TPSA) is 72.7 Å². The summed E-state index contributed by atoms with van der Waals surface area (Å²) in [6.07, 6.45) is 0.919. The minimum atomic E-state index is -0.443. The molecule has 0 aliphatic rings. The summed E-state index contributed by atoms with van der Waals surface area (Å²) >= 11 is 1.60. The van der Waals surface area contributed by atoms with Crippen LogP contribution >= 0.6 is 11.8 Å². The zero-order chi connectivity index (χ0) is 17.3. The Morgan fingerprint density at radius 3 is 2.58 bits per heavy atom. The molecule has 24 heavy (non-hydrogen) atoms. The summed E-state index contributed by atoms with van der Waals surface area (Å²) in [4.78, 5) is 31.0. The Balaban J connectivity index is 1.97. The van der Waals surface area contributed by atoms with Gasteiger partial charge in [-0.15, -0.1) is 0 Å². The van der Waals surface area contributed by atoms with E-state index in [1.807, 2.05) is 36.6 Å². The van der Waals surface area contributed by atoms with Crippen molar-refractivity contribution in [3.8, 4) is 0 Å². The van der Waals surface area contributed by atoms with E-state index >= 15 is 0 Å². The Bertz CT molecular complexity index is 970. The Morgan fingerprint density at radius 1 is 1.21 bits per heavy atom. The molecule has 2 aromatic heterocycles. The molecule has 126 valence electrons. The highest BCUT2D eigenvalue weighted by Gasteiger charge is 2.19. The van der Waals surface area contributed by atoms with Crippen molar-refractivity contribution in [1.29, 1.82) is 0 Å². The molecular weight excluding hydrogens is 324 g/mol. The third-order valence-electron chi connectivity index (χ3n) is 3.90. The predicted octanol–water partition coefficient (Wildman–Crippen LogP) is 2.34. The van der Waals surface area contributed by atoms with Gasteiger partial charge in [0, 0.05) is 18.8 Å². The number of aromatic amines is 1. The van der Waals surface area contributed by atoms with Gasteiger partial charge in [-0.05, 0) is 25.8 Å². The quantitative estimate of drug-likeness (QED) is 0.721. The van der Waals surface area contributed by atoms with Gasteiger partial charge < -0.3 is 4.57 Å². The van der Waals surface area contributed by atoms with Gasteiger partial charge >= 0.3 is 5.69 Å². The maximum Gasteiger partial charge on any atom is 0.329 e. The summed E-state index contributed by atoms with van der Waals surface area (Å²) in [5.74, 6) is 0.853. The van der Waals surface area contributed by atoms with Gasteiger partial charge in [0.15, 0.2) is 16.3 Å². The van der Waals surface area contributed by atoms with Gasteiger partial charge in [0.05, 0.1) is 0 Å². The zero-order valence-corrected chi connectivity index (χ0v) is 14.8. The van der Waals surface area contributed by atoms with Crippen LogP contribution in [-0.4, -0.2) is 24.9 Å². The summed E-state index contributed by atoms with van der Waals surface area (Å²) in [5.41, 5.74) is 1.32. The van der Waals surface area contributed by atoms with Crippen LogP contribution in [0.4, 0.5) is 0 Å². The molecule has 6 nitrogen and oxygen atoms in total. The van der Waals surface area contributed by atoms with Gasteiger partial charge in [-0.2, -0.15) is 0 Å². The smallest absolute Gasteiger partial charge is 0.311 e. The van der Waals surface area contributed by atoms with Crippen molar-refractivity contribution >= 4 is 22.9 Å². The second kappa shape index (κ2) is 6.68. The van der Waals surface area contributed by atoms with E-state index in [9.17, 15) is 9.59 Å². The lowest BCUT2D eigenvalue weighted by Gasteiger charge is -2.11. The first-order valence-electron chi connectivity index (χ1n) is 7.87. The van der Waals surface area contributed by atoms with Crippen LogP contribution < -0.4 is 11.2 Å². The van der Waals surface area contributed by atoms with E-state index in [4.69, 9.17) is 0 Å². The van der Waals surface area contributed by atoms with E-state index in [1.165, 1.54) is 10.1 Å². The minimum absolute atomic E-state index is 0.0767. The molecule has 3 rings (SSSR count). The summed E-state index contributed by atoms with van der Waals surface area (Å²) in [6.45, 7) is 4.01. The number of aryl methyl sites for hydroxylation is 2. The van der Waals surface area contributed by atoms with E-state index in [2.05, 4.69) is 22.1 Å². The SMILES string of the molecule is CC(C)n1c(SCCc2ccccc2)nc2c1c(=O)[nH]c(=O)n2C. The summed E-state index contributed by atoms with van der Waals surface area (Å²) in [7, 11) is 1.62. The average molecular weight is 344 g/mol. The molecule has 0 aliphatic carbocycles. The molecule has 0 bridgehead atoms. The second-order valence-corrected chi connectivity index (χ2v) is 6.99. The molecule has 0 radical (unpaired) electrons. The fourth-order valence-electron chi connectivity index (χ4n) is 2.67. The number of fused-ring (bicyclic) bond motifs is 1. The number of benzene rings is 1. The number of H-pyrrole nitrogens is 1. The number of aromatic nitrogens is 4. The van der Waals surface area contributed by atoms with Gasteiger partial charge in [0.2, 0.25) is 0 Å². The van der Waals surface area contributed by atoms with Crippen LogP contribution in [0.15, 0.2) is 45.1 Å². The number of imidazole rings is 1. The molecule has 1 aromatic carbocycles. The first-order chi connectivity index (χ1) is 11.5. The number of thioether (sulfide) groups is 1. The maximum absolute atomic E-state index is 12.2. The average Bonchev–Trinajstić information content (AvgIpc) is 2.94. The molecule has 0 saturated carbocycles. The van der Waals surface area contributed by atoms with Gasteiger partial charge in [0.1, 0.15) is 0 Å². The minimum Gasteiger partial charge on any atom is -0.311 e. The van der Waals surface area contributed by atoms with Crippen LogP contribution in [0.5, 0.6) is 0 Å². The number of rotatable bonds is 5. The van der Waals surface area contributed by atoms with E-state index in [-0.39, 0.29) is 11.6 Å². The van der Waals surface area contributed by atoms with Crippen molar-refractivity contribution in [2.75, 3.05) is 5.75 Å². The number of nitrogens with one attached hydrogen (secondary N) is 1. The van der Waals surface area contributed by atoms with Crippen LogP contribution in [0.25, 0.3) is 11.2 Å². The Morgan fingerprint density at radius 2 is 1.92 bits per heavy atom. The highest BCUT2D eigenvalue weighted by atomic mass is 32.2. The van der Waals surface area contributed by atoms with E-state index in [1.54, 1.807) is 18.8 Å².